The second-order valence-electron chi connectivity index (χ2n) is 8.79. The van der Waals surface area contributed by atoms with E-state index in [9.17, 15) is 33.3 Å². The number of aliphatic hydroxyl groups is 2. The molecule has 1 aliphatic heterocycles. The highest BCUT2D eigenvalue weighted by atomic mass is 19.1. The van der Waals surface area contributed by atoms with Crippen LogP contribution in [0.1, 0.15) is 47.2 Å². The van der Waals surface area contributed by atoms with Crippen molar-refractivity contribution in [3.8, 4) is 5.75 Å². The predicted octanol–water partition coefficient (Wildman–Crippen LogP) is 4.21. The Hall–Kier alpha value is -2.84. The van der Waals surface area contributed by atoms with Crippen molar-refractivity contribution in [2.75, 3.05) is 0 Å². The second kappa shape index (κ2) is 9.19. The van der Waals surface area contributed by atoms with E-state index in [1.165, 1.54) is 18.2 Å². The lowest BCUT2D eigenvalue weighted by atomic mass is 9.87. The summed E-state index contributed by atoms with van der Waals surface area (Å²) < 4.78 is 47.9. The molecule has 33 heavy (non-hydrogen) atoms. The van der Waals surface area contributed by atoms with E-state index in [0.29, 0.717) is 18.4 Å². The van der Waals surface area contributed by atoms with Gasteiger partial charge in [0.25, 0.3) is 0 Å². The molecule has 8 heteroatoms. The van der Waals surface area contributed by atoms with Crippen molar-refractivity contribution in [2.45, 2.75) is 50.4 Å². The number of carbonyl (C=O) groups is 1. The van der Waals surface area contributed by atoms with Gasteiger partial charge in [-0.15, -0.1) is 0 Å². The maximum Gasteiger partial charge on any atom is 0.338 e. The maximum atomic E-state index is 14.7. The first-order valence-electron chi connectivity index (χ1n) is 10.9. The average Bonchev–Trinajstić information content (AvgIpc) is 2.93. The molecule has 0 spiro atoms. The molecule has 176 valence electrons. The Morgan fingerprint density at radius 3 is 2.67 bits per heavy atom. The van der Waals surface area contributed by atoms with E-state index in [1.54, 1.807) is 19.1 Å². The smallest absolute Gasteiger partial charge is 0.338 e. The third-order valence-electron chi connectivity index (χ3n) is 6.81. The van der Waals surface area contributed by atoms with Crippen LogP contribution in [0.4, 0.5) is 13.2 Å². The SMILES string of the molecule is C[C@H](c1ccc(F)cc1F)C(O)/C=C/[C@@H]1[C@H]2CCc3ccc(C(=O)O)c(F)c3O[C@H]2C[C@H]1O. The van der Waals surface area contributed by atoms with E-state index in [1.807, 2.05) is 0 Å². The monoisotopic (exact) mass is 462 g/mol. The molecule has 1 fully saturated rings. The van der Waals surface area contributed by atoms with Gasteiger partial charge in [0, 0.05) is 30.2 Å². The average molecular weight is 462 g/mol. The van der Waals surface area contributed by atoms with Crippen LogP contribution in [0.3, 0.4) is 0 Å². The molecule has 1 unspecified atom stereocenters. The van der Waals surface area contributed by atoms with Gasteiger partial charge in [-0.25, -0.2) is 18.0 Å². The molecular formula is C25H25F3O5. The molecule has 0 bridgehead atoms. The van der Waals surface area contributed by atoms with E-state index in [0.717, 1.165) is 12.1 Å². The summed E-state index contributed by atoms with van der Waals surface area (Å²) in [6.45, 7) is 1.62. The van der Waals surface area contributed by atoms with Gasteiger partial charge in [-0.1, -0.05) is 31.2 Å². The summed E-state index contributed by atoms with van der Waals surface area (Å²) in [6.07, 6.45) is 2.04. The first kappa shape index (κ1) is 23.3. The Balaban J connectivity index is 1.51. The fraction of sp³-hybridized carbons (Fsp3) is 0.400. The summed E-state index contributed by atoms with van der Waals surface area (Å²) in [7, 11) is 0. The number of ether oxygens (including phenoxy) is 1. The van der Waals surface area contributed by atoms with Crippen LogP contribution in [0.15, 0.2) is 42.5 Å². The molecule has 2 aliphatic rings. The van der Waals surface area contributed by atoms with Gasteiger partial charge in [-0.05, 0) is 36.1 Å². The Morgan fingerprint density at radius 2 is 1.97 bits per heavy atom. The molecule has 0 amide bonds. The Labute approximate surface area is 189 Å². The first-order chi connectivity index (χ1) is 15.7. The Kier molecular flexibility index (Phi) is 6.50. The normalized spacial score (nSPS) is 26.2. The molecule has 5 nitrogen and oxygen atoms in total. The minimum Gasteiger partial charge on any atom is -0.487 e. The molecule has 1 heterocycles. The minimum absolute atomic E-state index is 0.0836. The van der Waals surface area contributed by atoms with Crippen LogP contribution in [0.5, 0.6) is 5.75 Å². The number of aromatic carboxylic acids is 1. The van der Waals surface area contributed by atoms with Crippen molar-refractivity contribution >= 4 is 5.97 Å². The second-order valence-corrected chi connectivity index (χ2v) is 8.79. The largest absolute Gasteiger partial charge is 0.487 e. The maximum absolute atomic E-state index is 14.7. The van der Waals surface area contributed by atoms with Crippen molar-refractivity contribution in [3.63, 3.8) is 0 Å². The van der Waals surface area contributed by atoms with E-state index in [2.05, 4.69) is 0 Å². The number of carboxylic acid groups (broad SMARTS) is 1. The Morgan fingerprint density at radius 1 is 1.21 bits per heavy atom. The minimum atomic E-state index is -1.38. The number of aliphatic hydroxyl groups excluding tert-OH is 2. The number of halogens is 3. The molecule has 1 aliphatic carbocycles. The number of benzene rings is 2. The summed E-state index contributed by atoms with van der Waals surface area (Å²) in [5.41, 5.74) is 0.285. The lowest BCUT2D eigenvalue weighted by Crippen LogP contribution is -2.24. The number of rotatable bonds is 5. The van der Waals surface area contributed by atoms with E-state index in [-0.39, 0.29) is 29.6 Å². The lowest BCUT2D eigenvalue weighted by Gasteiger charge is -2.22. The molecule has 2 aromatic rings. The van der Waals surface area contributed by atoms with Crippen molar-refractivity contribution in [1.82, 2.24) is 0 Å². The van der Waals surface area contributed by atoms with Gasteiger partial charge in [-0.2, -0.15) is 0 Å². The summed E-state index contributed by atoms with van der Waals surface area (Å²) >= 11 is 0. The van der Waals surface area contributed by atoms with Gasteiger partial charge in [0.15, 0.2) is 11.6 Å². The zero-order valence-electron chi connectivity index (χ0n) is 17.9. The number of aryl methyl sites for hydroxylation is 1. The highest BCUT2D eigenvalue weighted by Crippen LogP contribution is 2.43. The van der Waals surface area contributed by atoms with Crippen molar-refractivity contribution in [2.24, 2.45) is 11.8 Å². The topological polar surface area (TPSA) is 87.0 Å². The first-order valence-corrected chi connectivity index (χ1v) is 10.9. The van der Waals surface area contributed by atoms with Gasteiger partial charge in [0.2, 0.25) is 0 Å². The molecule has 1 saturated carbocycles. The summed E-state index contributed by atoms with van der Waals surface area (Å²) in [5.74, 6) is -5.03. The molecule has 6 atom stereocenters. The zero-order valence-corrected chi connectivity index (χ0v) is 17.9. The molecule has 0 radical (unpaired) electrons. The van der Waals surface area contributed by atoms with Crippen LogP contribution in [0, 0.1) is 29.3 Å². The van der Waals surface area contributed by atoms with Gasteiger partial charge < -0.3 is 20.1 Å². The quantitative estimate of drug-likeness (QED) is 0.580. The number of carboxylic acids is 1. The highest BCUT2D eigenvalue weighted by molar-refractivity contribution is 5.88. The van der Waals surface area contributed by atoms with Gasteiger partial charge in [0.05, 0.1) is 17.8 Å². The number of fused-ring (bicyclic) bond motifs is 2. The fourth-order valence-electron chi connectivity index (χ4n) is 4.91. The number of hydrogen-bond acceptors (Lipinski definition) is 4. The third kappa shape index (κ3) is 4.50. The van der Waals surface area contributed by atoms with Crippen LogP contribution < -0.4 is 4.74 Å². The standard InChI is InChI=1S/C25H25F3O5/c1-12(15-7-4-14(26)10-19(15)27)20(29)9-8-16-17-5-2-13-3-6-18(25(31)32)23(28)24(13)33-22(17)11-21(16)30/h3-4,6-10,12,16-17,20-22,29-30H,2,5,11H2,1H3,(H,31,32)/b9-8+/t12-,16-,17-,20?,21-,22+/m1/s1. The molecule has 4 rings (SSSR count). The van der Waals surface area contributed by atoms with Crippen LogP contribution in [0.25, 0.3) is 0 Å². The highest BCUT2D eigenvalue weighted by Gasteiger charge is 2.44. The summed E-state index contributed by atoms with van der Waals surface area (Å²) in [6, 6.07) is 5.96. The number of hydrogen-bond donors (Lipinski definition) is 3. The Bertz CT molecular complexity index is 1090. The van der Waals surface area contributed by atoms with Crippen LogP contribution >= 0.6 is 0 Å². The van der Waals surface area contributed by atoms with Crippen LogP contribution in [0.2, 0.25) is 0 Å². The molecule has 0 aromatic heterocycles. The molecule has 2 aromatic carbocycles. The third-order valence-corrected chi connectivity index (χ3v) is 6.81. The summed E-state index contributed by atoms with van der Waals surface area (Å²) in [4.78, 5) is 11.3. The summed E-state index contributed by atoms with van der Waals surface area (Å²) in [5, 5.41) is 30.3. The van der Waals surface area contributed by atoms with E-state index in [4.69, 9.17) is 4.74 Å². The van der Waals surface area contributed by atoms with Crippen molar-refractivity contribution in [3.05, 3.63) is 76.6 Å². The predicted molar refractivity (Wildman–Crippen MR) is 114 cm³/mol. The van der Waals surface area contributed by atoms with E-state index < -0.39 is 53.2 Å². The van der Waals surface area contributed by atoms with Crippen molar-refractivity contribution < 1.29 is 38.0 Å². The van der Waals surface area contributed by atoms with Gasteiger partial charge in [-0.3, -0.25) is 0 Å². The molecular weight excluding hydrogens is 437 g/mol. The fourth-order valence-corrected chi connectivity index (χ4v) is 4.91. The van der Waals surface area contributed by atoms with Crippen molar-refractivity contribution in [1.29, 1.82) is 0 Å². The molecule has 0 saturated heterocycles. The zero-order chi connectivity index (χ0) is 23.9. The van der Waals surface area contributed by atoms with Crippen LogP contribution in [-0.4, -0.2) is 39.6 Å². The van der Waals surface area contributed by atoms with Gasteiger partial charge in [0.1, 0.15) is 17.7 Å². The molecule has 3 N–H and O–H groups in total. The van der Waals surface area contributed by atoms with Crippen LogP contribution in [-0.2, 0) is 6.42 Å². The lowest BCUT2D eigenvalue weighted by molar-refractivity contribution is 0.0688. The van der Waals surface area contributed by atoms with Gasteiger partial charge >= 0.3 is 5.97 Å². The van der Waals surface area contributed by atoms with E-state index >= 15 is 0 Å².